The number of rotatable bonds is 5. The summed E-state index contributed by atoms with van der Waals surface area (Å²) < 4.78 is 1.84. The van der Waals surface area contributed by atoms with Gasteiger partial charge in [-0.1, -0.05) is 11.8 Å². The van der Waals surface area contributed by atoms with Crippen LogP contribution in [0.4, 0.5) is 11.4 Å². The molecular formula is C15H19N5O2S. The van der Waals surface area contributed by atoms with Crippen LogP contribution in [-0.4, -0.2) is 31.8 Å². The summed E-state index contributed by atoms with van der Waals surface area (Å²) >= 11 is 1.35. The molecule has 2 amide bonds. The predicted molar refractivity (Wildman–Crippen MR) is 90.4 cm³/mol. The molecule has 122 valence electrons. The molecule has 1 heterocycles. The van der Waals surface area contributed by atoms with Crippen LogP contribution in [0.15, 0.2) is 29.4 Å². The first-order chi connectivity index (χ1) is 10.9. The molecule has 8 heteroatoms. The van der Waals surface area contributed by atoms with Crippen LogP contribution in [0, 0.1) is 6.92 Å². The van der Waals surface area contributed by atoms with Gasteiger partial charge in [0.2, 0.25) is 11.8 Å². The lowest BCUT2D eigenvalue weighted by Crippen LogP contribution is -2.22. The zero-order valence-corrected chi connectivity index (χ0v) is 14.3. The highest BCUT2D eigenvalue weighted by atomic mass is 32.2. The van der Waals surface area contributed by atoms with Crippen molar-refractivity contribution in [1.29, 1.82) is 0 Å². The molecule has 0 aliphatic heterocycles. The van der Waals surface area contributed by atoms with Gasteiger partial charge in [0, 0.05) is 25.3 Å². The highest BCUT2D eigenvalue weighted by Gasteiger charge is 2.18. The fourth-order valence-electron chi connectivity index (χ4n) is 1.79. The van der Waals surface area contributed by atoms with Gasteiger partial charge < -0.3 is 15.2 Å². The van der Waals surface area contributed by atoms with Crippen molar-refractivity contribution in [3.63, 3.8) is 0 Å². The minimum Gasteiger partial charge on any atom is -0.326 e. The third-order valence-corrected chi connectivity index (χ3v) is 4.31. The highest BCUT2D eigenvalue weighted by Crippen LogP contribution is 2.22. The molecule has 0 unspecified atom stereocenters. The van der Waals surface area contributed by atoms with Gasteiger partial charge in [-0.25, -0.2) is 0 Å². The lowest BCUT2D eigenvalue weighted by molar-refractivity contribution is -0.115. The Hall–Kier alpha value is -2.35. The zero-order chi connectivity index (χ0) is 17.0. The molecule has 2 rings (SSSR count). The first-order valence-corrected chi connectivity index (χ1v) is 7.96. The van der Waals surface area contributed by atoms with Crippen molar-refractivity contribution in [1.82, 2.24) is 14.8 Å². The van der Waals surface area contributed by atoms with Gasteiger partial charge in [0.05, 0.1) is 5.25 Å². The summed E-state index contributed by atoms with van der Waals surface area (Å²) in [4.78, 5) is 23.2. The van der Waals surface area contributed by atoms with E-state index in [4.69, 9.17) is 0 Å². The molecule has 0 fully saturated rings. The fraction of sp³-hybridized carbons (Fsp3) is 0.333. The number of hydrogen-bond donors (Lipinski definition) is 2. The molecule has 0 aliphatic rings. The van der Waals surface area contributed by atoms with Crippen molar-refractivity contribution < 1.29 is 9.59 Å². The standard InChI is InChI=1S/C15H19N5O2S/c1-9(23-15-19-18-10(2)20(15)4)14(22)17-13-7-5-12(6-8-13)16-11(3)21/h5-9H,1-4H3,(H,16,21)(H,17,22)/t9-/m0/s1. The summed E-state index contributed by atoms with van der Waals surface area (Å²) in [5.41, 5.74) is 1.36. The Bertz CT molecular complexity index is 711. The van der Waals surface area contributed by atoms with Gasteiger partial charge in [0.25, 0.3) is 0 Å². The van der Waals surface area contributed by atoms with Crippen molar-refractivity contribution in [2.45, 2.75) is 31.2 Å². The van der Waals surface area contributed by atoms with E-state index >= 15 is 0 Å². The van der Waals surface area contributed by atoms with Crippen molar-refractivity contribution >= 4 is 35.0 Å². The molecule has 0 aliphatic carbocycles. The Morgan fingerprint density at radius 1 is 1.13 bits per heavy atom. The molecule has 0 radical (unpaired) electrons. The first kappa shape index (κ1) is 17.0. The van der Waals surface area contributed by atoms with Crippen LogP contribution in [0.5, 0.6) is 0 Å². The highest BCUT2D eigenvalue weighted by molar-refractivity contribution is 8.00. The van der Waals surface area contributed by atoms with E-state index in [1.807, 2.05) is 25.5 Å². The monoisotopic (exact) mass is 333 g/mol. The van der Waals surface area contributed by atoms with E-state index in [1.54, 1.807) is 24.3 Å². The molecule has 1 atom stereocenters. The smallest absolute Gasteiger partial charge is 0.237 e. The average molecular weight is 333 g/mol. The van der Waals surface area contributed by atoms with Crippen LogP contribution in [0.3, 0.4) is 0 Å². The summed E-state index contributed by atoms with van der Waals surface area (Å²) in [6.45, 7) is 5.12. The topological polar surface area (TPSA) is 88.9 Å². The van der Waals surface area contributed by atoms with E-state index in [0.717, 1.165) is 5.82 Å². The number of amides is 2. The van der Waals surface area contributed by atoms with Gasteiger partial charge >= 0.3 is 0 Å². The van der Waals surface area contributed by atoms with E-state index in [0.29, 0.717) is 16.5 Å². The average Bonchev–Trinajstić information content (AvgIpc) is 2.80. The van der Waals surface area contributed by atoms with Crippen LogP contribution < -0.4 is 10.6 Å². The number of aromatic nitrogens is 3. The third kappa shape index (κ3) is 4.56. The van der Waals surface area contributed by atoms with Gasteiger partial charge in [-0.15, -0.1) is 10.2 Å². The van der Waals surface area contributed by atoms with Crippen molar-refractivity contribution in [2.75, 3.05) is 10.6 Å². The molecule has 0 saturated heterocycles. The molecule has 2 aromatic rings. The van der Waals surface area contributed by atoms with Crippen molar-refractivity contribution in [3.05, 3.63) is 30.1 Å². The number of nitrogens with zero attached hydrogens (tertiary/aromatic N) is 3. The Labute approximate surface area is 138 Å². The second-order valence-corrected chi connectivity index (χ2v) is 6.40. The predicted octanol–water partition coefficient (Wildman–Crippen LogP) is 2.20. The Kier molecular flexibility index (Phi) is 5.38. The molecule has 7 nitrogen and oxygen atoms in total. The fourth-order valence-corrected chi connectivity index (χ4v) is 2.65. The molecule has 0 bridgehead atoms. The maximum atomic E-state index is 12.2. The molecule has 2 N–H and O–H groups in total. The lowest BCUT2D eigenvalue weighted by Gasteiger charge is -2.12. The number of hydrogen-bond acceptors (Lipinski definition) is 5. The van der Waals surface area contributed by atoms with Gasteiger partial charge in [-0.05, 0) is 38.1 Å². The summed E-state index contributed by atoms with van der Waals surface area (Å²) in [6.07, 6.45) is 0. The first-order valence-electron chi connectivity index (χ1n) is 7.08. The van der Waals surface area contributed by atoms with E-state index in [-0.39, 0.29) is 17.1 Å². The van der Waals surface area contributed by atoms with Crippen LogP contribution in [0.1, 0.15) is 19.7 Å². The van der Waals surface area contributed by atoms with Gasteiger partial charge in [-0.3, -0.25) is 9.59 Å². The molecule has 0 spiro atoms. The summed E-state index contributed by atoms with van der Waals surface area (Å²) in [5, 5.41) is 13.9. The minimum absolute atomic E-state index is 0.122. The van der Waals surface area contributed by atoms with Crippen LogP contribution in [-0.2, 0) is 16.6 Å². The molecule has 1 aromatic carbocycles. The number of nitrogens with one attached hydrogen (secondary N) is 2. The van der Waals surface area contributed by atoms with Crippen molar-refractivity contribution in [3.8, 4) is 0 Å². The SMILES string of the molecule is CC(=O)Nc1ccc(NC(=O)[C@H](C)Sc2nnc(C)n2C)cc1. The summed E-state index contributed by atoms with van der Waals surface area (Å²) in [6, 6.07) is 6.96. The maximum absolute atomic E-state index is 12.2. The number of carbonyl (C=O) groups is 2. The maximum Gasteiger partial charge on any atom is 0.237 e. The van der Waals surface area contributed by atoms with E-state index in [2.05, 4.69) is 20.8 Å². The van der Waals surface area contributed by atoms with Crippen LogP contribution in [0.2, 0.25) is 0 Å². The second-order valence-electron chi connectivity index (χ2n) is 5.10. The van der Waals surface area contributed by atoms with Gasteiger partial charge in [-0.2, -0.15) is 0 Å². The Morgan fingerprint density at radius 2 is 1.70 bits per heavy atom. The Balaban J connectivity index is 1.95. The van der Waals surface area contributed by atoms with Crippen LogP contribution in [0.25, 0.3) is 0 Å². The second kappa shape index (κ2) is 7.28. The minimum atomic E-state index is -0.313. The third-order valence-electron chi connectivity index (χ3n) is 3.18. The molecular weight excluding hydrogens is 314 g/mol. The van der Waals surface area contributed by atoms with E-state index in [9.17, 15) is 9.59 Å². The lowest BCUT2D eigenvalue weighted by atomic mass is 10.2. The van der Waals surface area contributed by atoms with Gasteiger partial charge in [0.1, 0.15) is 5.82 Å². The van der Waals surface area contributed by atoms with E-state index < -0.39 is 0 Å². The normalized spacial score (nSPS) is 11.8. The summed E-state index contributed by atoms with van der Waals surface area (Å²) in [5.74, 6) is 0.544. The van der Waals surface area contributed by atoms with Crippen molar-refractivity contribution in [2.24, 2.45) is 7.05 Å². The number of thioether (sulfide) groups is 1. The molecule has 23 heavy (non-hydrogen) atoms. The quantitative estimate of drug-likeness (QED) is 0.819. The number of benzene rings is 1. The summed E-state index contributed by atoms with van der Waals surface area (Å²) in [7, 11) is 1.86. The molecule has 0 saturated carbocycles. The van der Waals surface area contributed by atoms with E-state index in [1.165, 1.54) is 18.7 Å². The van der Waals surface area contributed by atoms with Crippen LogP contribution >= 0.6 is 11.8 Å². The number of aryl methyl sites for hydroxylation is 1. The van der Waals surface area contributed by atoms with Gasteiger partial charge in [0.15, 0.2) is 5.16 Å². The Morgan fingerprint density at radius 3 is 2.17 bits per heavy atom. The number of anilines is 2. The largest absolute Gasteiger partial charge is 0.326 e. The number of carbonyl (C=O) groups excluding carboxylic acids is 2. The molecule has 1 aromatic heterocycles. The zero-order valence-electron chi connectivity index (χ0n) is 13.5.